The summed E-state index contributed by atoms with van der Waals surface area (Å²) >= 11 is 0. The third-order valence-electron chi connectivity index (χ3n) is 4.90. The maximum Gasteiger partial charge on any atom is 0.243 e. The molecule has 2 amide bonds. The Balaban J connectivity index is 1.62. The maximum atomic E-state index is 12.5. The molecule has 3 rings (SSSR count). The summed E-state index contributed by atoms with van der Waals surface area (Å²) < 4.78 is 10.9. The van der Waals surface area contributed by atoms with Gasteiger partial charge in [-0.25, -0.2) is 0 Å². The molecule has 0 saturated carbocycles. The lowest BCUT2D eigenvalue weighted by Gasteiger charge is -2.32. The fourth-order valence-electron chi connectivity index (χ4n) is 3.34. The van der Waals surface area contributed by atoms with Gasteiger partial charge in [0.1, 0.15) is 18.8 Å². The fourth-order valence-corrected chi connectivity index (χ4v) is 3.34. The zero-order chi connectivity index (χ0) is 18.0. The van der Waals surface area contributed by atoms with Crippen molar-refractivity contribution in [1.82, 2.24) is 4.90 Å². The van der Waals surface area contributed by atoms with Gasteiger partial charge in [-0.15, -0.1) is 0 Å². The number of amides is 2. The SMILES string of the molecule is C[C@@]1(C(N)=O)CCCN1C(=O)CCC(=O)c1ccc2c(c1)OCCO2. The van der Waals surface area contributed by atoms with E-state index in [1.807, 2.05) is 0 Å². The number of nitrogens with two attached hydrogens (primary N) is 1. The van der Waals surface area contributed by atoms with Gasteiger partial charge in [0.15, 0.2) is 17.3 Å². The molecule has 0 aromatic heterocycles. The second-order valence-electron chi connectivity index (χ2n) is 6.57. The third kappa shape index (κ3) is 3.31. The Labute approximate surface area is 146 Å². The average Bonchev–Trinajstić information content (AvgIpc) is 3.02. The predicted octanol–water partition coefficient (Wildman–Crippen LogP) is 1.29. The summed E-state index contributed by atoms with van der Waals surface area (Å²) in [6, 6.07) is 5.02. The zero-order valence-corrected chi connectivity index (χ0v) is 14.2. The van der Waals surface area contributed by atoms with Crippen molar-refractivity contribution in [1.29, 1.82) is 0 Å². The number of ketones is 1. The quantitative estimate of drug-likeness (QED) is 0.810. The van der Waals surface area contributed by atoms with Gasteiger partial charge in [0.2, 0.25) is 11.8 Å². The van der Waals surface area contributed by atoms with Gasteiger partial charge >= 0.3 is 0 Å². The van der Waals surface area contributed by atoms with Gasteiger partial charge in [-0.2, -0.15) is 0 Å². The van der Waals surface area contributed by atoms with Crippen molar-refractivity contribution in [3.8, 4) is 11.5 Å². The number of hydrogen-bond acceptors (Lipinski definition) is 5. The Morgan fingerprint density at radius 1 is 1.16 bits per heavy atom. The summed E-state index contributed by atoms with van der Waals surface area (Å²) in [7, 11) is 0. The summed E-state index contributed by atoms with van der Waals surface area (Å²) in [5, 5.41) is 0. The summed E-state index contributed by atoms with van der Waals surface area (Å²) in [5.74, 6) is 0.295. The van der Waals surface area contributed by atoms with Gasteiger partial charge in [0.05, 0.1) is 0 Å². The second kappa shape index (κ2) is 6.74. The van der Waals surface area contributed by atoms with E-state index in [4.69, 9.17) is 15.2 Å². The van der Waals surface area contributed by atoms with Crippen LogP contribution in [0.5, 0.6) is 11.5 Å². The molecule has 0 radical (unpaired) electrons. The van der Waals surface area contributed by atoms with E-state index < -0.39 is 11.4 Å². The van der Waals surface area contributed by atoms with E-state index in [2.05, 4.69) is 0 Å². The minimum atomic E-state index is -0.947. The Kier molecular flexibility index (Phi) is 4.65. The van der Waals surface area contributed by atoms with Crippen LogP contribution in [0.1, 0.15) is 43.0 Å². The number of primary amides is 1. The number of benzene rings is 1. The Morgan fingerprint density at radius 3 is 2.60 bits per heavy atom. The first-order valence-electron chi connectivity index (χ1n) is 8.45. The predicted molar refractivity (Wildman–Crippen MR) is 89.5 cm³/mol. The number of fused-ring (bicyclic) bond motifs is 1. The minimum absolute atomic E-state index is 0.0517. The number of nitrogens with zero attached hydrogens (tertiary/aromatic N) is 1. The van der Waals surface area contributed by atoms with Crippen LogP contribution in [0.2, 0.25) is 0 Å². The summed E-state index contributed by atoms with van der Waals surface area (Å²) in [6.07, 6.45) is 1.42. The Hall–Kier alpha value is -2.57. The van der Waals surface area contributed by atoms with Crippen LogP contribution in [0.15, 0.2) is 18.2 Å². The number of carbonyl (C=O) groups is 3. The Morgan fingerprint density at radius 2 is 1.88 bits per heavy atom. The van der Waals surface area contributed by atoms with Crippen molar-refractivity contribution in [3.63, 3.8) is 0 Å². The molecule has 0 unspecified atom stereocenters. The molecule has 7 nitrogen and oxygen atoms in total. The van der Waals surface area contributed by atoms with Crippen molar-refractivity contribution in [2.75, 3.05) is 19.8 Å². The molecule has 0 bridgehead atoms. The molecule has 2 N–H and O–H groups in total. The van der Waals surface area contributed by atoms with E-state index in [0.717, 1.165) is 6.42 Å². The largest absolute Gasteiger partial charge is 0.486 e. The van der Waals surface area contributed by atoms with E-state index >= 15 is 0 Å². The van der Waals surface area contributed by atoms with E-state index in [9.17, 15) is 14.4 Å². The molecule has 1 aromatic carbocycles. The van der Waals surface area contributed by atoms with Crippen LogP contribution in [-0.4, -0.2) is 47.8 Å². The molecular formula is C18H22N2O5. The molecule has 134 valence electrons. The summed E-state index contributed by atoms with van der Waals surface area (Å²) in [5.41, 5.74) is 4.98. The number of rotatable bonds is 5. The molecule has 1 aromatic rings. The molecule has 2 heterocycles. The standard InChI is InChI=1S/C18H22N2O5/c1-18(17(19)23)7-2-8-20(18)16(22)6-4-13(21)12-3-5-14-15(11-12)25-10-9-24-14/h3,5,11H,2,4,6-10H2,1H3,(H2,19,23)/t18-/m0/s1. The minimum Gasteiger partial charge on any atom is -0.486 e. The fraction of sp³-hybridized carbons (Fsp3) is 0.500. The smallest absolute Gasteiger partial charge is 0.243 e. The van der Waals surface area contributed by atoms with E-state index in [1.165, 1.54) is 4.90 Å². The molecule has 7 heteroatoms. The lowest BCUT2D eigenvalue weighted by Crippen LogP contribution is -2.53. The third-order valence-corrected chi connectivity index (χ3v) is 4.90. The van der Waals surface area contributed by atoms with Crippen molar-refractivity contribution in [3.05, 3.63) is 23.8 Å². The van der Waals surface area contributed by atoms with Crippen LogP contribution >= 0.6 is 0 Å². The van der Waals surface area contributed by atoms with Crippen molar-refractivity contribution < 1.29 is 23.9 Å². The van der Waals surface area contributed by atoms with E-state index in [1.54, 1.807) is 25.1 Å². The summed E-state index contributed by atoms with van der Waals surface area (Å²) in [4.78, 5) is 38.0. The molecule has 25 heavy (non-hydrogen) atoms. The van der Waals surface area contributed by atoms with Crippen molar-refractivity contribution in [2.45, 2.75) is 38.1 Å². The highest BCUT2D eigenvalue weighted by molar-refractivity contribution is 5.99. The monoisotopic (exact) mass is 346 g/mol. The molecule has 1 fully saturated rings. The molecule has 0 aliphatic carbocycles. The lowest BCUT2D eigenvalue weighted by atomic mass is 9.97. The molecule has 2 aliphatic heterocycles. The van der Waals surface area contributed by atoms with Gasteiger partial charge < -0.3 is 20.1 Å². The first kappa shape index (κ1) is 17.3. The average molecular weight is 346 g/mol. The van der Waals surface area contributed by atoms with Crippen LogP contribution < -0.4 is 15.2 Å². The zero-order valence-electron chi connectivity index (χ0n) is 14.2. The van der Waals surface area contributed by atoms with Crippen molar-refractivity contribution >= 4 is 17.6 Å². The van der Waals surface area contributed by atoms with Crippen LogP contribution in [0.25, 0.3) is 0 Å². The number of hydrogen-bond donors (Lipinski definition) is 1. The highest BCUT2D eigenvalue weighted by Gasteiger charge is 2.44. The van der Waals surface area contributed by atoms with Crippen LogP contribution in [0.3, 0.4) is 0 Å². The van der Waals surface area contributed by atoms with Gasteiger partial charge in [-0.1, -0.05) is 0 Å². The van der Waals surface area contributed by atoms with Gasteiger partial charge in [-0.05, 0) is 38.0 Å². The molecule has 1 saturated heterocycles. The number of carbonyl (C=O) groups excluding carboxylic acids is 3. The van der Waals surface area contributed by atoms with Gasteiger partial charge in [0, 0.05) is 24.9 Å². The first-order valence-corrected chi connectivity index (χ1v) is 8.45. The number of Topliss-reactive ketones (excluding diaryl/α,β-unsaturated/α-hetero) is 1. The molecular weight excluding hydrogens is 324 g/mol. The maximum absolute atomic E-state index is 12.5. The highest BCUT2D eigenvalue weighted by Crippen LogP contribution is 2.32. The first-order chi connectivity index (χ1) is 11.9. The topological polar surface area (TPSA) is 98.9 Å². The normalized spacial score (nSPS) is 21.9. The van der Waals surface area contributed by atoms with Crippen molar-refractivity contribution in [2.24, 2.45) is 5.73 Å². The number of ether oxygens (including phenoxy) is 2. The van der Waals surface area contributed by atoms with E-state index in [-0.39, 0.29) is 24.5 Å². The van der Waals surface area contributed by atoms with Gasteiger partial charge in [-0.3, -0.25) is 14.4 Å². The summed E-state index contributed by atoms with van der Waals surface area (Å²) in [6.45, 7) is 3.12. The van der Waals surface area contributed by atoms with E-state index in [0.29, 0.717) is 43.2 Å². The Bertz CT molecular complexity index is 717. The lowest BCUT2D eigenvalue weighted by molar-refractivity contribution is -0.142. The molecule has 1 atom stereocenters. The van der Waals surface area contributed by atoms with Crippen LogP contribution in [0, 0.1) is 0 Å². The van der Waals surface area contributed by atoms with Crippen LogP contribution in [-0.2, 0) is 9.59 Å². The highest BCUT2D eigenvalue weighted by atomic mass is 16.6. The number of likely N-dealkylation sites (tertiary alicyclic amines) is 1. The molecule has 2 aliphatic rings. The second-order valence-corrected chi connectivity index (χ2v) is 6.57. The van der Waals surface area contributed by atoms with Crippen LogP contribution in [0.4, 0.5) is 0 Å². The molecule has 0 spiro atoms. The van der Waals surface area contributed by atoms with Gasteiger partial charge in [0.25, 0.3) is 0 Å².